The minimum absolute atomic E-state index is 0.445. The highest BCUT2D eigenvalue weighted by molar-refractivity contribution is 5.26. The minimum Gasteiger partial charge on any atom is -0.487 e. The lowest BCUT2D eigenvalue weighted by molar-refractivity contribution is 0.298. The largest absolute Gasteiger partial charge is 0.487 e. The van der Waals surface area contributed by atoms with Crippen molar-refractivity contribution in [3.63, 3.8) is 0 Å². The first kappa shape index (κ1) is 11.5. The highest BCUT2D eigenvalue weighted by atomic mass is 16.5. The Bertz CT molecular complexity index is 480. The van der Waals surface area contributed by atoms with Gasteiger partial charge in [0, 0.05) is 6.07 Å². The molecule has 0 aliphatic heterocycles. The predicted octanol–water partition coefficient (Wildman–Crippen LogP) is 2.98. The van der Waals surface area contributed by atoms with Gasteiger partial charge >= 0.3 is 0 Å². The fourth-order valence-corrected chi connectivity index (χ4v) is 1.44. The van der Waals surface area contributed by atoms with Crippen LogP contribution in [-0.2, 0) is 6.61 Å². The van der Waals surface area contributed by atoms with Crippen LogP contribution < -0.4 is 9.47 Å². The van der Waals surface area contributed by atoms with Crippen LogP contribution >= 0.6 is 0 Å². The van der Waals surface area contributed by atoms with Gasteiger partial charge in [-0.05, 0) is 25.1 Å². The van der Waals surface area contributed by atoms with Crippen molar-refractivity contribution in [2.75, 3.05) is 7.11 Å². The molecule has 0 spiro atoms. The summed E-state index contributed by atoms with van der Waals surface area (Å²) in [4.78, 5) is 4.28. The smallest absolute Gasteiger partial charge is 0.213 e. The first-order chi connectivity index (χ1) is 8.28. The highest BCUT2D eigenvalue weighted by Gasteiger charge is 1.99. The Labute approximate surface area is 101 Å². The topological polar surface area (TPSA) is 31.4 Å². The summed E-state index contributed by atoms with van der Waals surface area (Å²) in [6.45, 7) is 2.49. The zero-order chi connectivity index (χ0) is 12.1. The summed E-state index contributed by atoms with van der Waals surface area (Å²) >= 11 is 0. The number of benzene rings is 1. The number of pyridine rings is 1. The molecule has 0 bridgehead atoms. The number of aromatic nitrogens is 1. The van der Waals surface area contributed by atoms with E-state index in [1.165, 1.54) is 5.56 Å². The van der Waals surface area contributed by atoms with Gasteiger partial charge in [0.15, 0.2) is 0 Å². The fourth-order valence-electron chi connectivity index (χ4n) is 1.44. The Morgan fingerprint density at radius 3 is 2.53 bits per heavy atom. The van der Waals surface area contributed by atoms with Gasteiger partial charge in [-0.2, -0.15) is 0 Å². The van der Waals surface area contributed by atoms with Crippen LogP contribution in [0.25, 0.3) is 0 Å². The number of hydrogen-bond acceptors (Lipinski definition) is 3. The molecular weight excluding hydrogens is 214 g/mol. The number of hydrogen-bond donors (Lipinski definition) is 0. The Morgan fingerprint density at radius 2 is 1.82 bits per heavy atom. The molecule has 1 aromatic carbocycles. The molecule has 88 valence electrons. The SMILES string of the molecule is COc1cccc(COc2ccc(C)cc2)n1. The van der Waals surface area contributed by atoms with Gasteiger partial charge < -0.3 is 9.47 Å². The Balaban J connectivity index is 1.99. The van der Waals surface area contributed by atoms with E-state index in [-0.39, 0.29) is 0 Å². The summed E-state index contributed by atoms with van der Waals surface area (Å²) in [5, 5.41) is 0. The van der Waals surface area contributed by atoms with Crippen LogP contribution in [-0.4, -0.2) is 12.1 Å². The maximum absolute atomic E-state index is 5.63. The molecule has 3 nitrogen and oxygen atoms in total. The van der Waals surface area contributed by atoms with E-state index in [1.54, 1.807) is 7.11 Å². The predicted molar refractivity (Wildman–Crippen MR) is 66.3 cm³/mol. The molecule has 0 aliphatic rings. The Kier molecular flexibility index (Phi) is 3.60. The molecule has 0 atom stereocenters. The highest BCUT2D eigenvalue weighted by Crippen LogP contribution is 2.14. The van der Waals surface area contributed by atoms with Crippen molar-refractivity contribution in [2.45, 2.75) is 13.5 Å². The van der Waals surface area contributed by atoms with Crippen LogP contribution in [0.4, 0.5) is 0 Å². The molecule has 2 aromatic rings. The second-order valence-corrected chi connectivity index (χ2v) is 3.77. The molecule has 0 saturated carbocycles. The number of ether oxygens (including phenoxy) is 2. The third kappa shape index (κ3) is 3.21. The second-order valence-electron chi connectivity index (χ2n) is 3.77. The Morgan fingerprint density at radius 1 is 1.06 bits per heavy atom. The fraction of sp³-hybridized carbons (Fsp3) is 0.214. The van der Waals surface area contributed by atoms with Crippen molar-refractivity contribution in [1.29, 1.82) is 0 Å². The molecule has 0 amide bonds. The van der Waals surface area contributed by atoms with E-state index in [9.17, 15) is 0 Å². The molecule has 1 heterocycles. The van der Waals surface area contributed by atoms with Crippen LogP contribution in [0.15, 0.2) is 42.5 Å². The monoisotopic (exact) mass is 229 g/mol. The molecule has 2 rings (SSSR count). The molecule has 3 heteroatoms. The van der Waals surface area contributed by atoms with E-state index in [4.69, 9.17) is 9.47 Å². The lowest BCUT2D eigenvalue weighted by Crippen LogP contribution is -1.99. The van der Waals surface area contributed by atoms with E-state index in [0.29, 0.717) is 12.5 Å². The zero-order valence-corrected chi connectivity index (χ0v) is 10.0. The van der Waals surface area contributed by atoms with E-state index in [2.05, 4.69) is 4.98 Å². The van der Waals surface area contributed by atoms with Crippen LogP contribution in [0.1, 0.15) is 11.3 Å². The van der Waals surface area contributed by atoms with E-state index < -0.39 is 0 Å². The minimum atomic E-state index is 0.445. The number of aryl methyl sites for hydroxylation is 1. The van der Waals surface area contributed by atoms with Crippen molar-refractivity contribution in [3.8, 4) is 11.6 Å². The van der Waals surface area contributed by atoms with Crippen LogP contribution in [0.3, 0.4) is 0 Å². The molecule has 0 radical (unpaired) electrons. The lowest BCUT2D eigenvalue weighted by atomic mass is 10.2. The average molecular weight is 229 g/mol. The normalized spacial score (nSPS) is 10.0. The first-order valence-electron chi connectivity index (χ1n) is 5.47. The number of rotatable bonds is 4. The molecule has 0 aliphatic carbocycles. The second kappa shape index (κ2) is 5.34. The van der Waals surface area contributed by atoms with Gasteiger partial charge in [0.25, 0.3) is 0 Å². The number of methoxy groups -OCH3 is 1. The van der Waals surface area contributed by atoms with Crippen molar-refractivity contribution >= 4 is 0 Å². The van der Waals surface area contributed by atoms with Crippen LogP contribution in [0.2, 0.25) is 0 Å². The van der Waals surface area contributed by atoms with Gasteiger partial charge in [-0.1, -0.05) is 23.8 Å². The summed E-state index contributed by atoms with van der Waals surface area (Å²) < 4.78 is 10.7. The standard InChI is InChI=1S/C14H15NO2/c1-11-6-8-13(9-7-11)17-10-12-4-3-5-14(15-12)16-2/h3-9H,10H2,1-2H3. The van der Waals surface area contributed by atoms with Crippen LogP contribution in [0, 0.1) is 6.92 Å². The average Bonchev–Trinajstić information content (AvgIpc) is 2.38. The van der Waals surface area contributed by atoms with Gasteiger partial charge in [-0.15, -0.1) is 0 Å². The summed E-state index contributed by atoms with van der Waals surface area (Å²) in [5.74, 6) is 1.45. The van der Waals surface area contributed by atoms with Crippen molar-refractivity contribution in [1.82, 2.24) is 4.98 Å². The quantitative estimate of drug-likeness (QED) is 0.807. The van der Waals surface area contributed by atoms with E-state index >= 15 is 0 Å². The third-order valence-electron chi connectivity index (χ3n) is 2.40. The summed E-state index contributed by atoms with van der Waals surface area (Å²) in [6.07, 6.45) is 0. The Hall–Kier alpha value is -2.03. The zero-order valence-electron chi connectivity index (χ0n) is 10.0. The van der Waals surface area contributed by atoms with E-state index in [1.807, 2.05) is 49.4 Å². The van der Waals surface area contributed by atoms with Gasteiger partial charge in [-0.3, -0.25) is 0 Å². The van der Waals surface area contributed by atoms with E-state index in [0.717, 1.165) is 11.4 Å². The summed E-state index contributed by atoms with van der Waals surface area (Å²) in [5.41, 5.74) is 2.07. The molecule has 17 heavy (non-hydrogen) atoms. The third-order valence-corrected chi connectivity index (χ3v) is 2.40. The van der Waals surface area contributed by atoms with Gasteiger partial charge in [0.05, 0.1) is 12.8 Å². The summed E-state index contributed by atoms with van der Waals surface area (Å²) in [7, 11) is 1.60. The van der Waals surface area contributed by atoms with Gasteiger partial charge in [0.2, 0.25) is 5.88 Å². The number of nitrogens with zero attached hydrogens (tertiary/aromatic N) is 1. The molecule has 0 N–H and O–H groups in total. The van der Waals surface area contributed by atoms with Gasteiger partial charge in [-0.25, -0.2) is 4.98 Å². The lowest BCUT2D eigenvalue weighted by Gasteiger charge is -2.06. The van der Waals surface area contributed by atoms with Crippen LogP contribution in [0.5, 0.6) is 11.6 Å². The van der Waals surface area contributed by atoms with Crippen molar-refractivity contribution in [3.05, 3.63) is 53.7 Å². The molecule has 0 unspecified atom stereocenters. The molecule has 0 fully saturated rings. The van der Waals surface area contributed by atoms with Crippen molar-refractivity contribution < 1.29 is 9.47 Å². The molecule has 0 saturated heterocycles. The molecule has 1 aromatic heterocycles. The first-order valence-corrected chi connectivity index (χ1v) is 5.47. The molecular formula is C14H15NO2. The maximum Gasteiger partial charge on any atom is 0.213 e. The van der Waals surface area contributed by atoms with Crippen molar-refractivity contribution in [2.24, 2.45) is 0 Å². The van der Waals surface area contributed by atoms with Gasteiger partial charge in [0.1, 0.15) is 12.4 Å². The maximum atomic E-state index is 5.63. The summed E-state index contributed by atoms with van der Waals surface area (Å²) in [6, 6.07) is 13.6.